The van der Waals surface area contributed by atoms with Crippen LogP contribution in [0.3, 0.4) is 0 Å². The molecule has 4 aromatic rings. The van der Waals surface area contributed by atoms with E-state index in [0.717, 1.165) is 36.2 Å². The third-order valence-corrected chi connectivity index (χ3v) is 9.06. The van der Waals surface area contributed by atoms with Gasteiger partial charge in [-0.25, -0.2) is 9.78 Å². The third-order valence-electron chi connectivity index (χ3n) is 8.23. The van der Waals surface area contributed by atoms with Gasteiger partial charge in [-0.1, -0.05) is 76.2 Å². The molecule has 1 aromatic heterocycles. The van der Waals surface area contributed by atoms with Crippen LogP contribution in [0, 0.1) is 0 Å². The molecule has 0 fully saturated rings. The van der Waals surface area contributed by atoms with Crippen LogP contribution in [0.5, 0.6) is 0 Å². The number of nitrogens with one attached hydrogen (secondary N) is 1. The Morgan fingerprint density at radius 1 is 0.844 bits per heavy atom. The molecule has 238 valence electrons. The summed E-state index contributed by atoms with van der Waals surface area (Å²) in [5.74, 6) is -0.0918. The first kappa shape index (κ1) is 33.7. The summed E-state index contributed by atoms with van der Waals surface area (Å²) in [6, 6.07) is 24.9. The number of carboxylic acids is 1. The number of aliphatic carboxylic acids is 1. The fourth-order valence-corrected chi connectivity index (χ4v) is 6.26. The number of carboxylic acid groups (broad SMARTS) is 1. The fraction of sp³-hybridized carbons (Fsp3) is 0.378. The Labute approximate surface area is 271 Å². The number of amides is 2. The highest BCUT2D eigenvalue weighted by Crippen LogP contribution is 2.28. The number of hydrogen-bond acceptors (Lipinski definition) is 5. The van der Waals surface area contributed by atoms with E-state index >= 15 is 0 Å². The van der Waals surface area contributed by atoms with Crippen molar-refractivity contribution in [1.29, 1.82) is 0 Å². The lowest BCUT2D eigenvalue weighted by Crippen LogP contribution is -2.38. The first-order valence-corrected chi connectivity index (χ1v) is 16.7. The number of hydrogen-bond donors (Lipinski definition) is 2. The van der Waals surface area contributed by atoms with Crippen LogP contribution in [0.2, 0.25) is 0 Å². The molecule has 2 N–H and O–H groups in total. The van der Waals surface area contributed by atoms with Crippen LogP contribution >= 0.6 is 11.3 Å². The van der Waals surface area contributed by atoms with Crippen molar-refractivity contribution < 1.29 is 14.7 Å². The summed E-state index contributed by atoms with van der Waals surface area (Å²) >= 11 is 1.42. The molecule has 0 bridgehead atoms. The molecule has 0 aliphatic heterocycles. The number of carbonyl (C=O) groups is 2. The van der Waals surface area contributed by atoms with Crippen molar-refractivity contribution >= 4 is 34.7 Å². The van der Waals surface area contributed by atoms with Gasteiger partial charge in [-0.3, -0.25) is 4.79 Å². The molecule has 0 aliphatic carbocycles. The summed E-state index contributed by atoms with van der Waals surface area (Å²) in [4.78, 5) is 33.0. The first-order chi connectivity index (χ1) is 21.6. The number of anilines is 2. The zero-order chi connectivity index (χ0) is 32.5. The average Bonchev–Trinajstić information content (AvgIpc) is 3.49. The Hall–Kier alpha value is -4.17. The number of thiazole rings is 1. The van der Waals surface area contributed by atoms with Gasteiger partial charge in [-0.05, 0) is 79.5 Å². The molecule has 1 heterocycles. The molecular weight excluding hydrogens is 580 g/mol. The van der Waals surface area contributed by atoms with Gasteiger partial charge in [0, 0.05) is 34.9 Å². The molecular formula is C37H46N4O3S. The third kappa shape index (κ3) is 9.17. The maximum absolute atomic E-state index is 13.0. The standard InChI is InChI=1S/C37H46N4O3S/c1-7-28(8-2)30-15-19-33(20-16-30)41(26(5)6)21-27-9-11-31(12-10-27)34-24-45-35(39-34)22-40(23-36(42)43)37(44)38-32-17-13-29(14-18-32)25(3)4/h9-20,24-26,28H,7-8,21-23H2,1-6H3,(H,38,44)(H,42,43). The van der Waals surface area contributed by atoms with E-state index in [1.165, 1.54) is 33.1 Å². The molecule has 0 atom stereocenters. The van der Waals surface area contributed by atoms with Gasteiger partial charge in [0.2, 0.25) is 0 Å². The summed E-state index contributed by atoms with van der Waals surface area (Å²) in [6.45, 7) is 13.6. The van der Waals surface area contributed by atoms with E-state index in [1.807, 2.05) is 29.6 Å². The Morgan fingerprint density at radius 2 is 1.47 bits per heavy atom. The molecule has 45 heavy (non-hydrogen) atoms. The van der Waals surface area contributed by atoms with Crippen molar-refractivity contribution in [2.75, 3.05) is 16.8 Å². The second kappa shape index (κ2) is 15.7. The quantitative estimate of drug-likeness (QED) is 0.146. The highest BCUT2D eigenvalue weighted by molar-refractivity contribution is 7.09. The van der Waals surface area contributed by atoms with E-state index in [-0.39, 0.29) is 6.54 Å². The second-order valence-electron chi connectivity index (χ2n) is 12.1. The monoisotopic (exact) mass is 626 g/mol. The fourth-order valence-electron chi connectivity index (χ4n) is 5.44. The largest absolute Gasteiger partial charge is 0.480 e. The van der Waals surface area contributed by atoms with E-state index in [0.29, 0.717) is 28.6 Å². The molecule has 4 rings (SSSR count). The van der Waals surface area contributed by atoms with E-state index in [1.54, 1.807) is 0 Å². The predicted molar refractivity (Wildman–Crippen MR) is 186 cm³/mol. The predicted octanol–water partition coefficient (Wildman–Crippen LogP) is 9.37. The van der Waals surface area contributed by atoms with Crippen LogP contribution in [0.1, 0.15) is 87.9 Å². The molecule has 0 radical (unpaired) electrons. The summed E-state index contributed by atoms with van der Waals surface area (Å²) in [7, 11) is 0. The van der Waals surface area contributed by atoms with Gasteiger partial charge in [-0.2, -0.15) is 0 Å². The van der Waals surface area contributed by atoms with Crippen molar-refractivity contribution in [3.63, 3.8) is 0 Å². The molecule has 0 saturated heterocycles. The van der Waals surface area contributed by atoms with Gasteiger partial charge in [0.1, 0.15) is 11.6 Å². The number of carbonyl (C=O) groups excluding carboxylic acids is 1. The van der Waals surface area contributed by atoms with Crippen molar-refractivity contribution in [2.45, 2.75) is 85.4 Å². The minimum absolute atomic E-state index is 0.102. The van der Waals surface area contributed by atoms with Crippen LogP contribution in [-0.4, -0.2) is 39.6 Å². The number of rotatable bonds is 14. The van der Waals surface area contributed by atoms with E-state index < -0.39 is 18.5 Å². The zero-order valence-corrected chi connectivity index (χ0v) is 28.1. The lowest BCUT2D eigenvalue weighted by atomic mass is 9.94. The van der Waals surface area contributed by atoms with Gasteiger partial charge in [0.05, 0.1) is 12.2 Å². The molecule has 8 heteroatoms. The maximum Gasteiger partial charge on any atom is 0.323 e. The number of aromatic nitrogens is 1. The van der Waals surface area contributed by atoms with Crippen LogP contribution in [0.4, 0.5) is 16.2 Å². The van der Waals surface area contributed by atoms with E-state index in [4.69, 9.17) is 4.98 Å². The van der Waals surface area contributed by atoms with Gasteiger partial charge in [-0.15, -0.1) is 11.3 Å². The lowest BCUT2D eigenvalue weighted by molar-refractivity contribution is -0.137. The average molecular weight is 627 g/mol. The zero-order valence-electron chi connectivity index (χ0n) is 27.3. The smallest absolute Gasteiger partial charge is 0.323 e. The molecule has 3 aromatic carbocycles. The number of nitrogens with zero attached hydrogens (tertiary/aromatic N) is 3. The topological polar surface area (TPSA) is 85.8 Å². The number of urea groups is 1. The van der Waals surface area contributed by atoms with Crippen molar-refractivity contribution in [3.8, 4) is 11.3 Å². The Kier molecular flexibility index (Phi) is 11.8. The SMILES string of the molecule is CCC(CC)c1ccc(N(Cc2ccc(-c3csc(CN(CC(=O)O)C(=O)Nc4ccc(C(C)C)cc4)n3)cc2)C(C)C)cc1. The molecule has 0 aliphatic rings. The summed E-state index contributed by atoms with van der Waals surface area (Å²) < 4.78 is 0. The van der Waals surface area contributed by atoms with Crippen LogP contribution < -0.4 is 10.2 Å². The molecule has 0 unspecified atom stereocenters. The first-order valence-electron chi connectivity index (χ1n) is 15.9. The molecule has 2 amide bonds. The normalized spacial score (nSPS) is 11.3. The van der Waals surface area contributed by atoms with E-state index in [2.05, 4.69) is 100 Å². The van der Waals surface area contributed by atoms with Crippen molar-refractivity contribution in [3.05, 3.63) is 99.9 Å². The lowest BCUT2D eigenvalue weighted by Gasteiger charge is -2.30. The maximum atomic E-state index is 13.0. The summed E-state index contributed by atoms with van der Waals surface area (Å²) in [6.07, 6.45) is 2.31. The van der Waals surface area contributed by atoms with Crippen LogP contribution in [0.25, 0.3) is 11.3 Å². The highest BCUT2D eigenvalue weighted by atomic mass is 32.1. The molecule has 0 spiro atoms. The van der Waals surface area contributed by atoms with Crippen LogP contribution in [0.15, 0.2) is 78.2 Å². The Balaban J connectivity index is 1.42. The van der Waals surface area contributed by atoms with Crippen molar-refractivity contribution in [1.82, 2.24) is 9.88 Å². The second-order valence-corrected chi connectivity index (χ2v) is 13.0. The highest BCUT2D eigenvalue weighted by Gasteiger charge is 2.20. The number of benzene rings is 3. The van der Waals surface area contributed by atoms with E-state index in [9.17, 15) is 14.7 Å². The van der Waals surface area contributed by atoms with Crippen LogP contribution in [-0.2, 0) is 17.9 Å². The van der Waals surface area contributed by atoms with Gasteiger partial charge in [0.15, 0.2) is 0 Å². The molecule has 7 nitrogen and oxygen atoms in total. The Morgan fingerprint density at radius 3 is 2.02 bits per heavy atom. The molecule has 0 saturated carbocycles. The van der Waals surface area contributed by atoms with Gasteiger partial charge in [0.25, 0.3) is 0 Å². The van der Waals surface area contributed by atoms with Gasteiger partial charge >= 0.3 is 12.0 Å². The summed E-state index contributed by atoms with van der Waals surface area (Å²) in [5, 5.41) is 14.9. The van der Waals surface area contributed by atoms with Gasteiger partial charge < -0.3 is 20.2 Å². The summed E-state index contributed by atoms with van der Waals surface area (Å²) in [5.41, 5.74) is 7.40. The minimum atomic E-state index is -1.08. The Bertz CT molecular complexity index is 1530. The minimum Gasteiger partial charge on any atom is -0.480 e. The van der Waals surface area contributed by atoms with Crippen molar-refractivity contribution in [2.24, 2.45) is 0 Å².